The van der Waals surface area contributed by atoms with E-state index in [0.717, 1.165) is 57.1 Å². The standard InChI is InChI=1S/C22H27N3O2/c26-22(25-11-10-19-6-4-5-9-21(19)25)18-24-14-12-23(13-15-24)16-17-27-20-7-2-1-3-8-20/h1-9H,10-18H2. The van der Waals surface area contributed by atoms with Crippen molar-refractivity contribution in [3.05, 3.63) is 60.2 Å². The van der Waals surface area contributed by atoms with Crippen LogP contribution in [0.1, 0.15) is 5.56 Å². The van der Waals surface area contributed by atoms with Gasteiger partial charge in [0, 0.05) is 45.0 Å². The van der Waals surface area contributed by atoms with Crippen molar-refractivity contribution in [3.8, 4) is 5.75 Å². The molecule has 0 atom stereocenters. The van der Waals surface area contributed by atoms with Gasteiger partial charge in [0.15, 0.2) is 0 Å². The number of benzene rings is 2. The van der Waals surface area contributed by atoms with Gasteiger partial charge in [0.2, 0.25) is 5.91 Å². The molecule has 2 aromatic rings. The summed E-state index contributed by atoms with van der Waals surface area (Å²) in [5, 5.41) is 0. The van der Waals surface area contributed by atoms with Gasteiger partial charge in [-0.1, -0.05) is 36.4 Å². The van der Waals surface area contributed by atoms with Crippen LogP contribution in [0.3, 0.4) is 0 Å². The number of amides is 1. The van der Waals surface area contributed by atoms with Gasteiger partial charge in [-0.05, 0) is 30.2 Å². The zero-order valence-electron chi connectivity index (χ0n) is 15.7. The molecule has 5 heteroatoms. The maximum absolute atomic E-state index is 12.7. The molecule has 0 aliphatic carbocycles. The van der Waals surface area contributed by atoms with Gasteiger partial charge in [0.1, 0.15) is 12.4 Å². The van der Waals surface area contributed by atoms with Crippen molar-refractivity contribution in [1.82, 2.24) is 9.80 Å². The molecule has 1 amide bonds. The van der Waals surface area contributed by atoms with Crippen LogP contribution in [-0.4, -0.2) is 68.1 Å². The van der Waals surface area contributed by atoms with Crippen LogP contribution < -0.4 is 9.64 Å². The van der Waals surface area contributed by atoms with E-state index in [1.165, 1.54) is 5.56 Å². The van der Waals surface area contributed by atoms with Gasteiger partial charge in [-0.15, -0.1) is 0 Å². The first-order valence-electron chi connectivity index (χ1n) is 9.80. The van der Waals surface area contributed by atoms with E-state index < -0.39 is 0 Å². The highest BCUT2D eigenvalue weighted by atomic mass is 16.5. The number of carbonyl (C=O) groups is 1. The fourth-order valence-electron chi connectivity index (χ4n) is 3.85. The lowest BCUT2D eigenvalue weighted by Gasteiger charge is -2.34. The molecule has 1 fully saturated rings. The molecule has 0 radical (unpaired) electrons. The maximum Gasteiger partial charge on any atom is 0.241 e. The number of anilines is 1. The number of para-hydroxylation sites is 2. The van der Waals surface area contributed by atoms with Gasteiger partial charge in [0.05, 0.1) is 6.54 Å². The van der Waals surface area contributed by atoms with Crippen molar-refractivity contribution in [1.29, 1.82) is 0 Å². The summed E-state index contributed by atoms with van der Waals surface area (Å²) in [6.07, 6.45) is 0.969. The minimum atomic E-state index is 0.223. The quantitative estimate of drug-likeness (QED) is 0.787. The highest BCUT2D eigenvalue weighted by Gasteiger charge is 2.26. The molecular weight excluding hydrogens is 338 g/mol. The fourth-order valence-corrected chi connectivity index (χ4v) is 3.85. The zero-order valence-corrected chi connectivity index (χ0v) is 15.7. The second-order valence-electron chi connectivity index (χ2n) is 7.20. The summed E-state index contributed by atoms with van der Waals surface area (Å²) < 4.78 is 5.78. The molecule has 27 heavy (non-hydrogen) atoms. The molecule has 2 aromatic carbocycles. The topological polar surface area (TPSA) is 36.0 Å². The van der Waals surface area contributed by atoms with Crippen LogP contribution in [0.4, 0.5) is 5.69 Å². The van der Waals surface area contributed by atoms with E-state index in [-0.39, 0.29) is 5.91 Å². The van der Waals surface area contributed by atoms with E-state index in [1.807, 2.05) is 47.4 Å². The first-order valence-corrected chi connectivity index (χ1v) is 9.80. The van der Waals surface area contributed by atoms with E-state index in [0.29, 0.717) is 13.2 Å². The number of fused-ring (bicyclic) bond motifs is 1. The highest BCUT2D eigenvalue weighted by Crippen LogP contribution is 2.27. The van der Waals surface area contributed by atoms with Crippen molar-refractivity contribution < 1.29 is 9.53 Å². The molecule has 1 saturated heterocycles. The summed E-state index contributed by atoms with van der Waals surface area (Å²) in [6, 6.07) is 18.2. The summed E-state index contributed by atoms with van der Waals surface area (Å²) in [6.45, 7) is 6.81. The number of ether oxygens (including phenoxy) is 1. The number of hydrogen-bond donors (Lipinski definition) is 0. The molecular formula is C22H27N3O2. The second kappa shape index (κ2) is 8.55. The molecule has 0 aromatic heterocycles. The van der Waals surface area contributed by atoms with Gasteiger partial charge >= 0.3 is 0 Å². The van der Waals surface area contributed by atoms with Crippen LogP contribution in [0.2, 0.25) is 0 Å². The largest absolute Gasteiger partial charge is 0.492 e. The Morgan fingerprint density at radius 2 is 1.56 bits per heavy atom. The van der Waals surface area contributed by atoms with Crippen LogP contribution in [0, 0.1) is 0 Å². The molecule has 142 valence electrons. The van der Waals surface area contributed by atoms with Crippen molar-refractivity contribution in [3.63, 3.8) is 0 Å². The van der Waals surface area contributed by atoms with Gasteiger partial charge in [-0.25, -0.2) is 0 Å². The third-order valence-electron chi connectivity index (χ3n) is 5.43. The minimum absolute atomic E-state index is 0.223. The molecule has 0 N–H and O–H groups in total. The fraction of sp³-hybridized carbons (Fsp3) is 0.409. The van der Waals surface area contributed by atoms with E-state index in [1.54, 1.807) is 0 Å². The summed E-state index contributed by atoms with van der Waals surface area (Å²) in [7, 11) is 0. The van der Waals surface area contributed by atoms with Crippen LogP contribution in [0.25, 0.3) is 0 Å². The summed E-state index contributed by atoms with van der Waals surface area (Å²) in [4.78, 5) is 19.4. The summed E-state index contributed by atoms with van der Waals surface area (Å²) in [5.41, 5.74) is 2.38. The van der Waals surface area contributed by atoms with Crippen LogP contribution >= 0.6 is 0 Å². The normalized spacial score (nSPS) is 17.7. The Hall–Kier alpha value is -2.37. The average Bonchev–Trinajstić information content (AvgIpc) is 3.14. The van der Waals surface area contributed by atoms with Gasteiger partial charge in [-0.3, -0.25) is 14.6 Å². The number of hydrogen-bond acceptors (Lipinski definition) is 4. The molecule has 0 bridgehead atoms. The van der Waals surface area contributed by atoms with Gasteiger partial charge in [0.25, 0.3) is 0 Å². The van der Waals surface area contributed by atoms with Gasteiger partial charge in [-0.2, -0.15) is 0 Å². The molecule has 4 rings (SSSR count). The number of carbonyl (C=O) groups excluding carboxylic acids is 1. The maximum atomic E-state index is 12.7. The third-order valence-corrected chi connectivity index (χ3v) is 5.43. The number of nitrogens with zero attached hydrogens (tertiary/aromatic N) is 3. The minimum Gasteiger partial charge on any atom is -0.492 e. The predicted octanol–water partition coefficient (Wildman–Crippen LogP) is 2.27. The number of rotatable bonds is 6. The van der Waals surface area contributed by atoms with Crippen LogP contribution in [-0.2, 0) is 11.2 Å². The van der Waals surface area contributed by atoms with Crippen molar-refractivity contribution in [2.75, 3.05) is 57.3 Å². The molecule has 0 saturated carbocycles. The Labute approximate surface area is 161 Å². The van der Waals surface area contributed by atoms with Crippen LogP contribution in [0.15, 0.2) is 54.6 Å². The summed E-state index contributed by atoms with van der Waals surface area (Å²) in [5.74, 6) is 1.15. The van der Waals surface area contributed by atoms with E-state index >= 15 is 0 Å². The molecule has 0 unspecified atom stereocenters. The predicted molar refractivity (Wildman–Crippen MR) is 107 cm³/mol. The molecule has 2 aliphatic rings. The first-order chi connectivity index (χ1) is 13.3. The Morgan fingerprint density at radius 1 is 0.852 bits per heavy atom. The lowest BCUT2D eigenvalue weighted by Crippen LogP contribution is -2.50. The molecule has 2 heterocycles. The molecule has 5 nitrogen and oxygen atoms in total. The van der Waals surface area contributed by atoms with Crippen molar-refractivity contribution in [2.45, 2.75) is 6.42 Å². The van der Waals surface area contributed by atoms with E-state index in [2.05, 4.69) is 21.9 Å². The molecule has 2 aliphatic heterocycles. The second-order valence-corrected chi connectivity index (χ2v) is 7.20. The first kappa shape index (κ1) is 18.0. The molecule has 0 spiro atoms. The Morgan fingerprint density at radius 3 is 2.37 bits per heavy atom. The van der Waals surface area contributed by atoms with E-state index in [4.69, 9.17) is 4.74 Å². The lowest BCUT2D eigenvalue weighted by molar-refractivity contribution is -0.120. The average molecular weight is 365 g/mol. The van der Waals surface area contributed by atoms with Crippen LogP contribution in [0.5, 0.6) is 5.75 Å². The highest BCUT2D eigenvalue weighted by molar-refractivity contribution is 5.96. The smallest absolute Gasteiger partial charge is 0.241 e. The Bertz CT molecular complexity index is 757. The van der Waals surface area contributed by atoms with Gasteiger partial charge < -0.3 is 9.64 Å². The number of piperazine rings is 1. The van der Waals surface area contributed by atoms with Crippen molar-refractivity contribution >= 4 is 11.6 Å². The Balaban J connectivity index is 1.19. The zero-order chi connectivity index (χ0) is 18.5. The Kier molecular flexibility index (Phi) is 5.70. The summed E-state index contributed by atoms with van der Waals surface area (Å²) >= 11 is 0. The monoisotopic (exact) mass is 365 g/mol. The lowest BCUT2D eigenvalue weighted by atomic mass is 10.2. The van der Waals surface area contributed by atoms with E-state index in [9.17, 15) is 4.79 Å². The SMILES string of the molecule is O=C(CN1CCN(CCOc2ccccc2)CC1)N1CCc2ccccc21. The third kappa shape index (κ3) is 4.49. The van der Waals surface area contributed by atoms with Crippen molar-refractivity contribution in [2.24, 2.45) is 0 Å².